The van der Waals surface area contributed by atoms with Crippen LogP contribution in [-0.4, -0.2) is 29.7 Å². The summed E-state index contributed by atoms with van der Waals surface area (Å²) < 4.78 is 23.9. The molecular weight excluding hydrogens is 264 g/mol. The van der Waals surface area contributed by atoms with Gasteiger partial charge < -0.3 is 15.8 Å². The fraction of sp³-hybridized carbons (Fsp3) is 0.417. The maximum Gasteiger partial charge on any atom is 0.245 e. The normalized spacial score (nSPS) is 25.4. The van der Waals surface area contributed by atoms with Gasteiger partial charge in [0.05, 0.1) is 17.9 Å². The van der Waals surface area contributed by atoms with E-state index in [-0.39, 0.29) is 5.84 Å². The Morgan fingerprint density at radius 2 is 2.42 bits per heavy atom. The van der Waals surface area contributed by atoms with Crippen LogP contribution in [0.1, 0.15) is 12.0 Å². The lowest BCUT2D eigenvalue weighted by Gasteiger charge is -2.19. The number of fused-ring (bicyclic) bond motifs is 1. The lowest BCUT2D eigenvalue weighted by molar-refractivity contribution is 0.260. The first kappa shape index (κ1) is 12.4. The number of nitrogens with one attached hydrogen (secondary N) is 2. The first-order valence-corrected chi connectivity index (χ1v) is 7.34. The Hall–Kier alpha value is -1.60. The summed E-state index contributed by atoms with van der Waals surface area (Å²) in [5.74, 6) is 1.47. The average Bonchev–Trinajstić information content (AvgIpc) is 2.88. The van der Waals surface area contributed by atoms with Gasteiger partial charge in [0.25, 0.3) is 0 Å². The van der Waals surface area contributed by atoms with Crippen molar-refractivity contribution < 1.29 is 8.95 Å². The minimum Gasteiger partial charge on any atom is -0.492 e. The Morgan fingerprint density at radius 1 is 1.53 bits per heavy atom. The zero-order valence-electron chi connectivity index (χ0n) is 10.4. The Morgan fingerprint density at radius 3 is 3.21 bits per heavy atom. The van der Waals surface area contributed by atoms with Gasteiger partial charge in [0.15, 0.2) is 0 Å². The molecule has 3 rings (SSSR count). The van der Waals surface area contributed by atoms with Gasteiger partial charge in [-0.15, -0.1) is 0 Å². The molecule has 2 heterocycles. The predicted molar refractivity (Wildman–Crippen MR) is 75.4 cm³/mol. The smallest absolute Gasteiger partial charge is 0.245 e. The van der Waals surface area contributed by atoms with Crippen LogP contribution in [0.3, 0.4) is 0 Å². The van der Waals surface area contributed by atoms with E-state index < -0.39 is 11.2 Å². The van der Waals surface area contributed by atoms with Gasteiger partial charge in [0.2, 0.25) is 11.2 Å². The second-order valence-electron chi connectivity index (χ2n) is 4.68. The highest BCUT2D eigenvalue weighted by atomic mass is 32.2. The van der Waals surface area contributed by atoms with Crippen LogP contribution in [0.4, 0.5) is 5.69 Å². The van der Waals surface area contributed by atoms with Crippen LogP contribution in [0.2, 0.25) is 0 Å². The quantitative estimate of drug-likeness (QED) is 0.747. The van der Waals surface area contributed by atoms with Crippen LogP contribution in [0, 0.1) is 5.92 Å². The van der Waals surface area contributed by atoms with E-state index in [4.69, 9.17) is 10.5 Å². The molecule has 0 radical (unpaired) electrons. The van der Waals surface area contributed by atoms with Crippen LogP contribution >= 0.6 is 0 Å². The third-order valence-electron chi connectivity index (χ3n) is 3.30. The summed E-state index contributed by atoms with van der Waals surface area (Å²) in [6.07, 6.45) is 1.13. The summed E-state index contributed by atoms with van der Waals surface area (Å²) in [7, 11) is 0. The molecule has 0 aromatic heterocycles. The number of benzene rings is 1. The van der Waals surface area contributed by atoms with Crippen molar-refractivity contribution in [2.24, 2.45) is 16.0 Å². The molecule has 2 aliphatic rings. The summed E-state index contributed by atoms with van der Waals surface area (Å²) in [5.41, 5.74) is 7.25. The van der Waals surface area contributed by atoms with Crippen molar-refractivity contribution in [3.63, 3.8) is 0 Å². The highest BCUT2D eigenvalue weighted by Crippen LogP contribution is 2.30. The van der Waals surface area contributed by atoms with E-state index in [0.29, 0.717) is 29.5 Å². The minimum absolute atomic E-state index is 0.257. The zero-order valence-corrected chi connectivity index (χ0v) is 11.2. The van der Waals surface area contributed by atoms with Crippen molar-refractivity contribution >= 4 is 22.7 Å². The van der Waals surface area contributed by atoms with Gasteiger partial charge in [-0.3, -0.25) is 4.72 Å². The highest BCUT2D eigenvalue weighted by molar-refractivity contribution is 7.85. The van der Waals surface area contributed by atoms with Crippen molar-refractivity contribution in [2.75, 3.05) is 24.4 Å². The third-order valence-corrected chi connectivity index (χ3v) is 4.05. The lowest BCUT2D eigenvalue weighted by atomic mass is 10.1. The van der Waals surface area contributed by atoms with E-state index in [1.165, 1.54) is 0 Å². The molecule has 6 nitrogen and oxygen atoms in total. The molecule has 2 unspecified atom stereocenters. The molecule has 2 atom stereocenters. The topological polar surface area (TPSA) is 88.7 Å². The molecule has 0 bridgehead atoms. The molecule has 1 aromatic carbocycles. The van der Waals surface area contributed by atoms with Crippen molar-refractivity contribution in [1.29, 1.82) is 0 Å². The summed E-state index contributed by atoms with van der Waals surface area (Å²) >= 11 is -1.50. The van der Waals surface area contributed by atoms with E-state index >= 15 is 0 Å². The summed E-state index contributed by atoms with van der Waals surface area (Å²) in [6, 6.07) is 5.53. The number of nitrogens with two attached hydrogens (primary N) is 1. The number of hydrogen-bond acceptors (Lipinski definition) is 4. The van der Waals surface area contributed by atoms with Crippen molar-refractivity contribution in [3.05, 3.63) is 23.8 Å². The monoisotopic (exact) mass is 280 g/mol. The molecule has 2 aliphatic heterocycles. The molecule has 4 N–H and O–H groups in total. The van der Waals surface area contributed by atoms with E-state index in [1.807, 2.05) is 18.2 Å². The minimum atomic E-state index is -1.50. The van der Waals surface area contributed by atoms with E-state index in [9.17, 15) is 4.21 Å². The Labute approximate surface area is 114 Å². The fourth-order valence-electron chi connectivity index (χ4n) is 2.32. The molecule has 0 amide bonds. The van der Waals surface area contributed by atoms with Crippen molar-refractivity contribution in [2.45, 2.75) is 6.42 Å². The second kappa shape index (κ2) is 5.18. The first-order valence-electron chi connectivity index (χ1n) is 6.23. The Balaban J connectivity index is 1.81. The molecule has 1 aromatic rings. The molecule has 0 spiro atoms. The second-order valence-corrected chi connectivity index (χ2v) is 5.56. The van der Waals surface area contributed by atoms with Crippen LogP contribution < -0.4 is 20.5 Å². The zero-order chi connectivity index (χ0) is 13.2. The Kier molecular flexibility index (Phi) is 3.39. The van der Waals surface area contributed by atoms with Crippen LogP contribution in [0.25, 0.3) is 0 Å². The van der Waals surface area contributed by atoms with Gasteiger partial charge in [0, 0.05) is 12.5 Å². The maximum absolute atomic E-state index is 11.4. The standard InChI is InChI=1S/C12H16N4O2S/c13-12-11-9(15-19(17)16-12)2-1-3-10(11)18-7-8-4-5-14-6-8/h1-3,8,14-15H,4-7H2,(H2,13,16). The predicted octanol–water partition coefficient (Wildman–Crippen LogP) is 0.384. The van der Waals surface area contributed by atoms with Gasteiger partial charge in [-0.05, 0) is 25.1 Å². The number of hydrogen-bond donors (Lipinski definition) is 3. The number of amidine groups is 1. The SMILES string of the molecule is NC1=NS(=O)Nc2cccc(OCC3CCNC3)c21. The molecule has 102 valence electrons. The van der Waals surface area contributed by atoms with Crippen LogP contribution in [0.15, 0.2) is 22.6 Å². The largest absolute Gasteiger partial charge is 0.492 e. The molecule has 7 heteroatoms. The first-order chi connectivity index (χ1) is 9.24. The van der Waals surface area contributed by atoms with Crippen LogP contribution in [-0.2, 0) is 11.2 Å². The highest BCUT2D eigenvalue weighted by Gasteiger charge is 2.21. The summed E-state index contributed by atoms with van der Waals surface area (Å²) in [4.78, 5) is 0. The van der Waals surface area contributed by atoms with E-state index in [0.717, 1.165) is 19.5 Å². The van der Waals surface area contributed by atoms with Gasteiger partial charge in [-0.25, -0.2) is 4.21 Å². The molecule has 1 saturated heterocycles. The average molecular weight is 280 g/mol. The van der Waals surface area contributed by atoms with E-state index in [2.05, 4.69) is 14.4 Å². The molecule has 19 heavy (non-hydrogen) atoms. The number of rotatable bonds is 3. The number of ether oxygens (including phenoxy) is 1. The maximum atomic E-state index is 11.4. The van der Waals surface area contributed by atoms with Gasteiger partial charge in [-0.1, -0.05) is 6.07 Å². The van der Waals surface area contributed by atoms with Crippen LogP contribution in [0.5, 0.6) is 5.75 Å². The van der Waals surface area contributed by atoms with Gasteiger partial charge >= 0.3 is 0 Å². The van der Waals surface area contributed by atoms with Crippen molar-refractivity contribution in [3.8, 4) is 5.75 Å². The Bertz CT molecular complexity index is 541. The molecule has 1 fully saturated rings. The van der Waals surface area contributed by atoms with Gasteiger partial charge in [-0.2, -0.15) is 4.40 Å². The molecule has 0 saturated carbocycles. The van der Waals surface area contributed by atoms with Gasteiger partial charge in [0.1, 0.15) is 11.6 Å². The fourth-order valence-corrected chi connectivity index (χ4v) is 2.99. The lowest BCUT2D eigenvalue weighted by Crippen LogP contribution is -2.24. The van der Waals surface area contributed by atoms with Crippen molar-refractivity contribution in [1.82, 2.24) is 5.32 Å². The molecular formula is C12H16N4O2S. The third kappa shape index (κ3) is 2.57. The van der Waals surface area contributed by atoms with E-state index in [1.54, 1.807) is 0 Å². The number of anilines is 1. The molecule has 0 aliphatic carbocycles. The number of nitrogens with zero attached hydrogens (tertiary/aromatic N) is 1. The summed E-state index contributed by atoms with van der Waals surface area (Å²) in [5, 5.41) is 3.30. The summed E-state index contributed by atoms with van der Waals surface area (Å²) in [6.45, 7) is 2.69.